The highest BCUT2D eigenvalue weighted by atomic mass is 35.5. The number of carbonyl (C=O) groups excluding carboxylic acids is 2. The van der Waals surface area contributed by atoms with Crippen molar-refractivity contribution in [1.29, 1.82) is 0 Å². The third kappa shape index (κ3) is 6.64. The Kier molecular flexibility index (Phi) is 9.00. The van der Waals surface area contributed by atoms with Gasteiger partial charge in [0.05, 0.1) is 10.0 Å². The molecule has 0 aliphatic heterocycles. The molecule has 2 amide bonds. The van der Waals surface area contributed by atoms with E-state index in [0.717, 1.165) is 23.1 Å². The molecule has 1 atom stereocenters. The van der Waals surface area contributed by atoms with Crippen LogP contribution in [-0.4, -0.2) is 35.9 Å². The maximum Gasteiger partial charge on any atom is 0.261 e. The molecule has 0 aromatic heterocycles. The molecular weight excluding hydrogens is 423 g/mol. The number of amides is 2. The molecule has 0 aliphatic rings. The molecule has 0 spiro atoms. The van der Waals surface area contributed by atoms with Gasteiger partial charge in [0.1, 0.15) is 11.8 Å². The molecule has 0 saturated carbocycles. The van der Waals surface area contributed by atoms with E-state index in [1.54, 1.807) is 25.1 Å². The SMILES string of the molecule is CCCNC(=O)[C@@H](C)N(Cc1ccc(Cl)c(Cl)c1)C(=O)COc1ccc(C)cc1C. The Balaban J connectivity index is 2.18. The van der Waals surface area contributed by atoms with Crippen LogP contribution >= 0.6 is 23.2 Å². The number of halogens is 2. The fourth-order valence-corrected chi connectivity index (χ4v) is 3.32. The van der Waals surface area contributed by atoms with Gasteiger partial charge in [0.25, 0.3) is 5.91 Å². The summed E-state index contributed by atoms with van der Waals surface area (Å²) in [7, 11) is 0. The number of hydrogen-bond acceptors (Lipinski definition) is 3. The fourth-order valence-electron chi connectivity index (χ4n) is 3.00. The summed E-state index contributed by atoms with van der Waals surface area (Å²) in [5.74, 6) is 0.142. The standard InChI is InChI=1S/C23H28Cl2N2O3/c1-5-10-26-23(29)17(4)27(13-18-7-8-19(24)20(25)12-18)22(28)14-30-21-9-6-15(2)11-16(21)3/h6-9,11-12,17H,5,10,13-14H2,1-4H3,(H,26,29)/t17-/m1/s1. The van der Waals surface area contributed by atoms with Gasteiger partial charge in [-0.2, -0.15) is 0 Å². The predicted octanol–water partition coefficient (Wildman–Crippen LogP) is 4.93. The largest absolute Gasteiger partial charge is 0.483 e. The van der Waals surface area contributed by atoms with Crippen LogP contribution in [0, 0.1) is 13.8 Å². The van der Waals surface area contributed by atoms with Crippen molar-refractivity contribution in [3.63, 3.8) is 0 Å². The van der Waals surface area contributed by atoms with Crippen molar-refractivity contribution in [3.05, 3.63) is 63.1 Å². The van der Waals surface area contributed by atoms with Crippen LogP contribution in [-0.2, 0) is 16.1 Å². The number of ether oxygens (including phenoxy) is 1. The first-order chi connectivity index (χ1) is 14.2. The third-order valence-electron chi connectivity index (χ3n) is 4.74. The number of aryl methyl sites for hydroxylation is 2. The number of carbonyl (C=O) groups is 2. The Bertz CT molecular complexity index is 902. The normalized spacial score (nSPS) is 11.7. The molecule has 162 valence electrons. The number of nitrogens with one attached hydrogen (secondary N) is 1. The summed E-state index contributed by atoms with van der Waals surface area (Å²) in [6.07, 6.45) is 0.814. The number of hydrogen-bond donors (Lipinski definition) is 1. The first-order valence-electron chi connectivity index (χ1n) is 9.94. The van der Waals surface area contributed by atoms with E-state index in [2.05, 4.69) is 5.32 Å². The van der Waals surface area contributed by atoms with Crippen molar-refractivity contribution >= 4 is 35.0 Å². The van der Waals surface area contributed by atoms with Gasteiger partial charge in [-0.1, -0.05) is 53.9 Å². The minimum absolute atomic E-state index is 0.170. The lowest BCUT2D eigenvalue weighted by Gasteiger charge is -2.29. The van der Waals surface area contributed by atoms with Gasteiger partial charge in [0.15, 0.2) is 6.61 Å². The molecule has 0 heterocycles. The zero-order chi connectivity index (χ0) is 22.3. The maximum atomic E-state index is 13.0. The van der Waals surface area contributed by atoms with Gasteiger partial charge in [-0.3, -0.25) is 9.59 Å². The first kappa shape index (κ1) is 24.0. The van der Waals surface area contributed by atoms with Gasteiger partial charge >= 0.3 is 0 Å². The molecule has 2 aromatic carbocycles. The van der Waals surface area contributed by atoms with Gasteiger partial charge in [0.2, 0.25) is 5.91 Å². The lowest BCUT2D eigenvalue weighted by atomic mass is 10.1. The molecule has 5 nitrogen and oxygen atoms in total. The average molecular weight is 451 g/mol. The van der Waals surface area contributed by atoms with Crippen LogP contribution in [0.15, 0.2) is 36.4 Å². The highest BCUT2D eigenvalue weighted by molar-refractivity contribution is 6.42. The molecule has 1 N–H and O–H groups in total. The van der Waals surface area contributed by atoms with Crippen LogP contribution in [0.3, 0.4) is 0 Å². The van der Waals surface area contributed by atoms with E-state index >= 15 is 0 Å². The number of benzene rings is 2. The molecule has 0 saturated heterocycles. The molecule has 2 aromatic rings. The van der Waals surface area contributed by atoms with Crippen molar-refractivity contribution < 1.29 is 14.3 Å². The lowest BCUT2D eigenvalue weighted by molar-refractivity contribution is -0.142. The molecule has 0 fully saturated rings. The lowest BCUT2D eigenvalue weighted by Crippen LogP contribution is -2.49. The zero-order valence-corrected chi connectivity index (χ0v) is 19.3. The van der Waals surface area contributed by atoms with Gasteiger partial charge in [-0.15, -0.1) is 0 Å². The second kappa shape index (κ2) is 11.2. The summed E-state index contributed by atoms with van der Waals surface area (Å²) in [5, 5.41) is 3.68. The van der Waals surface area contributed by atoms with E-state index in [1.165, 1.54) is 4.90 Å². The maximum absolute atomic E-state index is 13.0. The molecule has 0 aliphatic carbocycles. The van der Waals surface area contributed by atoms with Crippen LogP contribution in [0.2, 0.25) is 10.0 Å². The average Bonchev–Trinajstić information content (AvgIpc) is 2.71. The van der Waals surface area contributed by atoms with Crippen LogP contribution < -0.4 is 10.1 Å². The quantitative estimate of drug-likeness (QED) is 0.588. The molecule has 0 bridgehead atoms. The molecule has 2 rings (SSSR count). The van der Waals surface area contributed by atoms with Crippen LogP contribution in [0.1, 0.15) is 37.0 Å². The Morgan fingerprint density at radius 2 is 1.83 bits per heavy atom. The summed E-state index contributed by atoms with van der Waals surface area (Å²) in [5.41, 5.74) is 2.85. The van der Waals surface area contributed by atoms with Crippen molar-refractivity contribution in [2.75, 3.05) is 13.2 Å². The molecule has 30 heavy (non-hydrogen) atoms. The topological polar surface area (TPSA) is 58.6 Å². The Hall–Kier alpha value is -2.24. The van der Waals surface area contributed by atoms with E-state index in [0.29, 0.717) is 22.3 Å². The van der Waals surface area contributed by atoms with Crippen LogP contribution in [0.5, 0.6) is 5.75 Å². The zero-order valence-electron chi connectivity index (χ0n) is 17.8. The Morgan fingerprint density at radius 1 is 1.10 bits per heavy atom. The third-order valence-corrected chi connectivity index (χ3v) is 5.47. The predicted molar refractivity (Wildman–Crippen MR) is 121 cm³/mol. The smallest absolute Gasteiger partial charge is 0.261 e. The van der Waals surface area contributed by atoms with Gasteiger partial charge in [-0.25, -0.2) is 0 Å². The van der Waals surface area contributed by atoms with Gasteiger partial charge in [-0.05, 0) is 56.5 Å². The molecule has 0 unspecified atom stereocenters. The monoisotopic (exact) mass is 450 g/mol. The molecule has 7 heteroatoms. The Morgan fingerprint density at radius 3 is 2.47 bits per heavy atom. The van der Waals surface area contributed by atoms with Crippen molar-refractivity contribution in [3.8, 4) is 5.75 Å². The van der Waals surface area contributed by atoms with Crippen molar-refractivity contribution in [2.45, 2.75) is 46.7 Å². The number of rotatable bonds is 9. The van der Waals surface area contributed by atoms with Gasteiger partial charge in [0, 0.05) is 13.1 Å². The van der Waals surface area contributed by atoms with Crippen molar-refractivity contribution in [2.24, 2.45) is 0 Å². The Labute approximate surface area is 188 Å². The second-order valence-corrected chi connectivity index (χ2v) is 8.11. The van der Waals surface area contributed by atoms with E-state index < -0.39 is 6.04 Å². The summed E-state index contributed by atoms with van der Waals surface area (Å²) in [4.78, 5) is 27.1. The number of nitrogens with zero attached hydrogens (tertiary/aromatic N) is 1. The van der Waals surface area contributed by atoms with E-state index in [1.807, 2.05) is 39.0 Å². The second-order valence-electron chi connectivity index (χ2n) is 7.29. The van der Waals surface area contributed by atoms with Crippen molar-refractivity contribution in [1.82, 2.24) is 10.2 Å². The van der Waals surface area contributed by atoms with E-state index in [9.17, 15) is 9.59 Å². The van der Waals surface area contributed by atoms with Crippen LogP contribution in [0.4, 0.5) is 0 Å². The summed E-state index contributed by atoms with van der Waals surface area (Å²) in [6.45, 7) is 8.21. The van der Waals surface area contributed by atoms with Gasteiger partial charge < -0.3 is 15.0 Å². The summed E-state index contributed by atoms with van der Waals surface area (Å²) >= 11 is 12.1. The van der Waals surface area contributed by atoms with Crippen LogP contribution in [0.25, 0.3) is 0 Å². The fraction of sp³-hybridized carbons (Fsp3) is 0.391. The minimum atomic E-state index is -0.666. The highest BCUT2D eigenvalue weighted by Crippen LogP contribution is 2.24. The molecule has 0 radical (unpaired) electrons. The minimum Gasteiger partial charge on any atom is -0.483 e. The molecular formula is C23H28Cl2N2O3. The van der Waals surface area contributed by atoms with E-state index in [-0.39, 0.29) is 25.0 Å². The van der Waals surface area contributed by atoms with E-state index in [4.69, 9.17) is 27.9 Å². The first-order valence-corrected chi connectivity index (χ1v) is 10.7. The summed E-state index contributed by atoms with van der Waals surface area (Å²) in [6, 6.07) is 10.3. The summed E-state index contributed by atoms with van der Waals surface area (Å²) < 4.78 is 5.76. The highest BCUT2D eigenvalue weighted by Gasteiger charge is 2.26.